The van der Waals surface area contributed by atoms with Gasteiger partial charge in [0.05, 0.1) is 24.6 Å². The molecule has 0 spiro atoms. The number of urea groups is 1. The maximum absolute atomic E-state index is 12.2. The smallest absolute Gasteiger partial charge is 0.322 e. The zero-order valence-corrected chi connectivity index (χ0v) is 13.3. The molecule has 0 saturated heterocycles. The molecule has 8 heteroatoms. The van der Waals surface area contributed by atoms with E-state index in [1.165, 1.54) is 4.90 Å². The molecule has 0 bridgehead atoms. The highest BCUT2D eigenvalue weighted by Gasteiger charge is 2.13. The number of rotatable bonds is 4. The van der Waals surface area contributed by atoms with Gasteiger partial charge in [0.1, 0.15) is 0 Å². The first-order chi connectivity index (χ1) is 11.6. The molecule has 122 valence electrons. The lowest BCUT2D eigenvalue weighted by atomic mass is 10.2. The summed E-state index contributed by atoms with van der Waals surface area (Å²) in [4.78, 5) is 26.2. The molecule has 1 aromatic carbocycles. The second kappa shape index (κ2) is 6.86. The summed E-state index contributed by atoms with van der Waals surface area (Å²) in [6, 6.07) is 9.31. The number of anilines is 1. The number of benzene rings is 1. The van der Waals surface area contributed by atoms with Crippen molar-refractivity contribution in [3.8, 4) is 11.4 Å². The molecule has 0 fully saturated rings. The molecule has 3 rings (SSSR count). The average molecular weight is 324 g/mol. The van der Waals surface area contributed by atoms with Crippen LogP contribution in [0.4, 0.5) is 10.5 Å². The summed E-state index contributed by atoms with van der Waals surface area (Å²) in [5.74, 6) is 1.51. The van der Waals surface area contributed by atoms with Crippen LogP contribution in [0.25, 0.3) is 11.4 Å². The van der Waals surface area contributed by atoms with E-state index in [9.17, 15) is 4.79 Å². The fraction of sp³-hybridized carbons (Fsp3) is 0.188. The predicted molar refractivity (Wildman–Crippen MR) is 87.0 cm³/mol. The minimum absolute atomic E-state index is 0.242. The van der Waals surface area contributed by atoms with Crippen LogP contribution in [0.15, 0.2) is 47.2 Å². The highest BCUT2D eigenvalue weighted by atomic mass is 16.5. The van der Waals surface area contributed by atoms with Crippen molar-refractivity contribution < 1.29 is 9.32 Å². The van der Waals surface area contributed by atoms with E-state index in [4.69, 9.17) is 4.52 Å². The van der Waals surface area contributed by atoms with Crippen molar-refractivity contribution in [1.82, 2.24) is 25.0 Å². The molecule has 2 amide bonds. The summed E-state index contributed by atoms with van der Waals surface area (Å²) in [6.07, 6.45) is 3.14. The van der Waals surface area contributed by atoms with Gasteiger partial charge in [-0.1, -0.05) is 35.5 Å². The second-order valence-electron chi connectivity index (χ2n) is 5.18. The topological polar surface area (TPSA) is 97.0 Å². The van der Waals surface area contributed by atoms with Gasteiger partial charge in [-0.15, -0.1) is 0 Å². The molecule has 0 aliphatic heterocycles. The number of hydrogen-bond acceptors (Lipinski definition) is 6. The van der Waals surface area contributed by atoms with E-state index in [-0.39, 0.29) is 12.6 Å². The zero-order chi connectivity index (χ0) is 16.9. The predicted octanol–water partition coefficient (Wildman–Crippen LogP) is 2.50. The summed E-state index contributed by atoms with van der Waals surface area (Å²) in [7, 11) is 1.64. The Morgan fingerprint density at radius 2 is 1.92 bits per heavy atom. The Bertz CT molecular complexity index is 816. The second-order valence-corrected chi connectivity index (χ2v) is 5.18. The molecule has 24 heavy (non-hydrogen) atoms. The third-order valence-electron chi connectivity index (χ3n) is 3.23. The largest absolute Gasteiger partial charge is 0.340 e. The first-order valence-corrected chi connectivity index (χ1v) is 7.30. The van der Waals surface area contributed by atoms with Gasteiger partial charge in [0.25, 0.3) is 0 Å². The van der Waals surface area contributed by atoms with E-state index in [0.29, 0.717) is 23.2 Å². The maximum atomic E-state index is 12.2. The first-order valence-electron chi connectivity index (χ1n) is 7.30. The molecule has 0 aliphatic rings. The average Bonchev–Trinajstić information content (AvgIpc) is 3.01. The zero-order valence-electron chi connectivity index (χ0n) is 13.3. The van der Waals surface area contributed by atoms with Gasteiger partial charge in [-0.2, -0.15) is 4.98 Å². The Morgan fingerprint density at radius 1 is 1.21 bits per heavy atom. The lowest BCUT2D eigenvalue weighted by molar-refractivity contribution is 0.219. The van der Waals surface area contributed by atoms with Crippen LogP contribution in [0.2, 0.25) is 0 Å². The van der Waals surface area contributed by atoms with Gasteiger partial charge in [0, 0.05) is 19.5 Å². The molecule has 1 N–H and O–H groups in total. The van der Waals surface area contributed by atoms with Crippen molar-refractivity contribution in [2.75, 3.05) is 12.4 Å². The lowest BCUT2D eigenvalue weighted by Crippen LogP contribution is -2.31. The van der Waals surface area contributed by atoms with Gasteiger partial charge >= 0.3 is 6.03 Å². The molecule has 3 aromatic rings. The SMILES string of the molecule is Cc1nc(CN(C)C(=O)Nc2cnc(-c3ccccc3)nc2)no1. The van der Waals surface area contributed by atoms with Gasteiger partial charge in [-0.05, 0) is 0 Å². The third kappa shape index (κ3) is 3.72. The van der Waals surface area contributed by atoms with Crippen LogP contribution >= 0.6 is 0 Å². The van der Waals surface area contributed by atoms with Crippen molar-refractivity contribution in [3.05, 3.63) is 54.4 Å². The number of carbonyl (C=O) groups excluding carboxylic acids is 1. The molecule has 0 saturated carbocycles. The lowest BCUT2D eigenvalue weighted by Gasteiger charge is -2.15. The monoisotopic (exact) mass is 324 g/mol. The van der Waals surface area contributed by atoms with Crippen molar-refractivity contribution in [1.29, 1.82) is 0 Å². The maximum Gasteiger partial charge on any atom is 0.322 e. The number of nitrogens with zero attached hydrogens (tertiary/aromatic N) is 5. The Balaban J connectivity index is 1.62. The van der Waals surface area contributed by atoms with Crippen molar-refractivity contribution in [3.63, 3.8) is 0 Å². The van der Waals surface area contributed by atoms with E-state index in [1.54, 1.807) is 26.4 Å². The summed E-state index contributed by atoms with van der Waals surface area (Å²) in [6.45, 7) is 1.94. The Hall–Kier alpha value is -3.29. The van der Waals surface area contributed by atoms with Crippen LogP contribution in [0.1, 0.15) is 11.7 Å². The molecule has 0 aliphatic carbocycles. The highest BCUT2D eigenvalue weighted by Crippen LogP contribution is 2.15. The summed E-state index contributed by atoms with van der Waals surface area (Å²) >= 11 is 0. The third-order valence-corrected chi connectivity index (χ3v) is 3.23. The molecule has 0 unspecified atom stereocenters. The minimum Gasteiger partial charge on any atom is -0.340 e. The van der Waals surface area contributed by atoms with Crippen molar-refractivity contribution in [2.45, 2.75) is 13.5 Å². The number of nitrogens with one attached hydrogen (secondary N) is 1. The Labute approximate surface area is 138 Å². The quantitative estimate of drug-likeness (QED) is 0.792. The molecule has 2 aromatic heterocycles. The first kappa shape index (κ1) is 15.6. The summed E-state index contributed by atoms with van der Waals surface area (Å²) in [5.41, 5.74) is 1.43. The number of aryl methyl sites for hydroxylation is 1. The van der Waals surface area contributed by atoms with Crippen LogP contribution in [0.5, 0.6) is 0 Å². The van der Waals surface area contributed by atoms with Crippen LogP contribution < -0.4 is 5.32 Å². The van der Waals surface area contributed by atoms with Gasteiger partial charge in [0.2, 0.25) is 5.89 Å². The fourth-order valence-electron chi connectivity index (χ4n) is 2.04. The van der Waals surface area contributed by atoms with Gasteiger partial charge in [-0.25, -0.2) is 14.8 Å². The van der Waals surface area contributed by atoms with Gasteiger partial charge in [0.15, 0.2) is 11.6 Å². The Morgan fingerprint density at radius 3 is 2.54 bits per heavy atom. The molecule has 0 radical (unpaired) electrons. The van der Waals surface area contributed by atoms with Crippen LogP contribution in [-0.2, 0) is 6.54 Å². The molecule has 8 nitrogen and oxygen atoms in total. The highest BCUT2D eigenvalue weighted by molar-refractivity contribution is 5.88. The van der Waals surface area contributed by atoms with Crippen LogP contribution in [-0.4, -0.2) is 38.1 Å². The van der Waals surface area contributed by atoms with E-state index in [2.05, 4.69) is 25.4 Å². The standard InChI is InChI=1S/C16H16N6O2/c1-11-19-14(21-24-11)10-22(2)16(23)20-13-8-17-15(18-9-13)12-6-4-3-5-7-12/h3-9H,10H2,1-2H3,(H,20,23). The molecule has 2 heterocycles. The fourth-order valence-corrected chi connectivity index (χ4v) is 2.04. The molecular formula is C16H16N6O2. The van der Waals surface area contributed by atoms with Crippen molar-refractivity contribution >= 4 is 11.7 Å². The van der Waals surface area contributed by atoms with E-state index in [0.717, 1.165) is 5.56 Å². The number of aromatic nitrogens is 4. The molecular weight excluding hydrogens is 308 g/mol. The van der Waals surface area contributed by atoms with E-state index < -0.39 is 0 Å². The normalized spacial score (nSPS) is 10.4. The molecule has 0 atom stereocenters. The Kier molecular flexibility index (Phi) is 4.46. The number of carbonyl (C=O) groups is 1. The number of hydrogen-bond donors (Lipinski definition) is 1. The summed E-state index contributed by atoms with van der Waals surface area (Å²) in [5, 5.41) is 6.48. The number of amides is 2. The van der Waals surface area contributed by atoms with Crippen molar-refractivity contribution in [2.24, 2.45) is 0 Å². The van der Waals surface area contributed by atoms with Crippen LogP contribution in [0, 0.1) is 6.92 Å². The van der Waals surface area contributed by atoms with Gasteiger partial charge < -0.3 is 14.7 Å². The van der Waals surface area contributed by atoms with Gasteiger partial charge in [-0.3, -0.25) is 0 Å². The van der Waals surface area contributed by atoms with E-state index in [1.807, 2.05) is 30.3 Å². The minimum atomic E-state index is -0.312. The van der Waals surface area contributed by atoms with E-state index >= 15 is 0 Å². The van der Waals surface area contributed by atoms with Crippen LogP contribution in [0.3, 0.4) is 0 Å². The summed E-state index contributed by atoms with van der Waals surface area (Å²) < 4.78 is 4.88.